The average molecular weight is 385 g/mol. The molecule has 0 aromatic heterocycles. The molecule has 2 saturated carbocycles. The van der Waals surface area contributed by atoms with Gasteiger partial charge >= 0.3 is 0 Å². The van der Waals surface area contributed by atoms with E-state index in [4.69, 9.17) is 11.5 Å². The van der Waals surface area contributed by atoms with E-state index in [-0.39, 0.29) is 16.9 Å². The summed E-state index contributed by atoms with van der Waals surface area (Å²) in [5.41, 5.74) is 14.9. The largest absolute Gasteiger partial charge is 0.402 e. The van der Waals surface area contributed by atoms with Crippen LogP contribution < -0.4 is 11.5 Å². The summed E-state index contributed by atoms with van der Waals surface area (Å²) in [6, 6.07) is 0.0245. The van der Waals surface area contributed by atoms with Crippen LogP contribution in [0.4, 0.5) is 0 Å². The van der Waals surface area contributed by atoms with Crippen LogP contribution in [0, 0.1) is 22.7 Å². The van der Waals surface area contributed by atoms with E-state index in [9.17, 15) is 0 Å². The highest BCUT2D eigenvalue weighted by molar-refractivity contribution is 5.32. The molecular weight excluding hydrogens is 340 g/mol. The first-order valence-electron chi connectivity index (χ1n) is 12.1. The van der Waals surface area contributed by atoms with Crippen molar-refractivity contribution >= 4 is 0 Å². The molecule has 0 saturated heterocycles. The highest BCUT2D eigenvalue weighted by Crippen LogP contribution is 2.63. The SMILES string of the molecule is CC/C=C/CCC(C1CCCCC1)(C1CCCCC1)C1(C)C(N)=CC=CC1N. The topological polar surface area (TPSA) is 52.0 Å². The van der Waals surface area contributed by atoms with Crippen LogP contribution in [0.1, 0.15) is 97.3 Å². The molecule has 158 valence electrons. The van der Waals surface area contributed by atoms with Gasteiger partial charge in [0.1, 0.15) is 0 Å². The Morgan fingerprint density at radius 2 is 1.57 bits per heavy atom. The Bertz CT molecular complexity index is 557. The van der Waals surface area contributed by atoms with Crippen molar-refractivity contribution in [2.24, 2.45) is 34.1 Å². The Morgan fingerprint density at radius 3 is 2.07 bits per heavy atom. The summed E-state index contributed by atoms with van der Waals surface area (Å²) in [5, 5.41) is 0. The Morgan fingerprint density at radius 1 is 1.00 bits per heavy atom. The Hall–Kier alpha value is -1.02. The second-order valence-electron chi connectivity index (χ2n) is 9.86. The predicted molar refractivity (Wildman–Crippen MR) is 122 cm³/mol. The molecule has 3 aliphatic rings. The van der Waals surface area contributed by atoms with Gasteiger partial charge in [-0.1, -0.05) is 76.7 Å². The van der Waals surface area contributed by atoms with Crippen LogP contribution >= 0.6 is 0 Å². The van der Waals surface area contributed by atoms with Crippen LogP contribution in [0.2, 0.25) is 0 Å². The minimum atomic E-state index is -0.133. The Labute approximate surface area is 173 Å². The van der Waals surface area contributed by atoms with Crippen molar-refractivity contribution in [3.8, 4) is 0 Å². The third-order valence-electron chi connectivity index (χ3n) is 8.62. The third-order valence-corrected chi connectivity index (χ3v) is 8.62. The molecule has 2 heteroatoms. The van der Waals surface area contributed by atoms with E-state index in [1.165, 1.54) is 77.0 Å². The van der Waals surface area contributed by atoms with Crippen molar-refractivity contribution in [2.45, 2.75) is 103 Å². The summed E-state index contributed by atoms with van der Waals surface area (Å²) in [4.78, 5) is 0. The highest BCUT2D eigenvalue weighted by Gasteiger charge is 2.59. The van der Waals surface area contributed by atoms with E-state index in [2.05, 4.69) is 44.2 Å². The van der Waals surface area contributed by atoms with Gasteiger partial charge < -0.3 is 11.5 Å². The molecule has 0 bridgehead atoms. The maximum Gasteiger partial charge on any atom is 0.0342 e. The van der Waals surface area contributed by atoms with Crippen LogP contribution in [0.15, 0.2) is 36.1 Å². The number of rotatable bonds is 7. The van der Waals surface area contributed by atoms with Gasteiger partial charge in [-0.3, -0.25) is 0 Å². The Kier molecular flexibility index (Phi) is 7.48. The highest BCUT2D eigenvalue weighted by atomic mass is 14.8. The molecule has 0 amide bonds. The lowest BCUT2D eigenvalue weighted by Crippen LogP contribution is -2.61. The quantitative estimate of drug-likeness (QED) is 0.484. The lowest BCUT2D eigenvalue weighted by atomic mass is 9.44. The maximum atomic E-state index is 6.91. The minimum Gasteiger partial charge on any atom is -0.402 e. The predicted octanol–water partition coefficient (Wildman–Crippen LogP) is 6.63. The summed E-state index contributed by atoms with van der Waals surface area (Å²) in [6.45, 7) is 4.66. The van der Waals surface area contributed by atoms with Gasteiger partial charge in [-0.25, -0.2) is 0 Å². The minimum absolute atomic E-state index is 0.0245. The van der Waals surface area contributed by atoms with E-state index in [1.54, 1.807) is 0 Å². The summed E-state index contributed by atoms with van der Waals surface area (Å²) in [5.74, 6) is 1.52. The van der Waals surface area contributed by atoms with Gasteiger partial charge in [-0.15, -0.1) is 0 Å². The number of nitrogens with two attached hydrogens (primary N) is 2. The van der Waals surface area contributed by atoms with E-state index >= 15 is 0 Å². The normalized spacial score (nSPS) is 30.7. The number of hydrogen-bond acceptors (Lipinski definition) is 2. The first kappa shape index (κ1) is 21.7. The van der Waals surface area contributed by atoms with Gasteiger partial charge in [0.05, 0.1) is 0 Å². The standard InChI is InChI=1S/C26H44N2/c1-3-4-5-12-20-26(21-14-8-6-9-15-21,22-16-10-7-11-17-22)25(2)23(27)18-13-19-24(25)28/h4-5,13,18-19,21-23H,3,6-12,14-17,20,27-28H2,1-2H3/b5-4+. The lowest BCUT2D eigenvalue weighted by molar-refractivity contribution is -0.0850. The van der Waals surface area contributed by atoms with Crippen molar-refractivity contribution < 1.29 is 0 Å². The number of hydrogen-bond donors (Lipinski definition) is 2. The molecule has 2 fully saturated rings. The zero-order valence-corrected chi connectivity index (χ0v) is 18.5. The molecule has 0 aromatic rings. The maximum absolute atomic E-state index is 6.91. The van der Waals surface area contributed by atoms with Gasteiger partial charge in [0.25, 0.3) is 0 Å². The first-order chi connectivity index (χ1) is 13.6. The fourth-order valence-corrected chi connectivity index (χ4v) is 7.11. The summed E-state index contributed by atoms with van der Waals surface area (Å²) in [6.07, 6.45) is 28.6. The monoisotopic (exact) mass is 384 g/mol. The van der Waals surface area contributed by atoms with Crippen molar-refractivity contribution in [2.75, 3.05) is 0 Å². The van der Waals surface area contributed by atoms with Crippen LogP contribution in [-0.2, 0) is 0 Å². The molecule has 4 N–H and O–H groups in total. The summed E-state index contributed by atoms with van der Waals surface area (Å²) in [7, 11) is 0. The average Bonchev–Trinajstić information content (AvgIpc) is 2.73. The van der Waals surface area contributed by atoms with Crippen molar-refractivity contribution in [3.63, 3.8) is 0 Å². The fraction of sp³-hybridized carbons (Fsp3) is 0.769. The molecule has 3 rings (SSSR count). The van der Waals surface area contributed by atoms with Crippen LogP contribution in [0.25, 0.3) is 0 Å². The first-order valence-corrected chi connectivity index (χ1v) is 12.1. The van der Waals surface area contributed by atoms with E-state index in [0.717, 1.165) is 24.0 Å². The second-order valence-corrected chi connectivity index (χ2v) is 9.86. The Balaban J connectivity index is 2.08. The van der Waals surface area contributed by atoms with Crippen molar-refractivity contribution in [1.82, 2.24) is 0 Å². The fourth-order valence-electron chi connectivity index (χ4n) is 7.11. The molecule has 2 atom stereocenters. The molecule has 2 nitrogen and oxygen atoms in total. The number of allylic oxidation sites excluding steroid dienone is 4. The molecule has 0 heterocycles. The van der Waals surface area contributed by atoms with Crippen LogP contribution in [0.5, 0.6) is 0 Å². The smallest absolute Gasteiger partial charge is 0.0342 e. The van der Waals surface area contributed by atoms with Gasteiger partial charge in [-0.05, 0) is 68.3 Å². The van der Waals surface area contributed by atoms with E-state index < -0.39 is 0 Å². The molecule has 3 aliphatic carbocycles. The molecule has 0 radical (unpaired) electrons. The second kappa shape index (κ2) is 9.65. The molecular formula is C26H44N2. The van der Waals surface area contributed by atoms with Gasteiger partial charge in [0, 0.05) is 17.2 Å². The van der Waals surface area contributed by atoms with Crippen LogP contribution in [-0.4, -0.2) is 6.04 Å². The molecule has 2 unspecified atom stereocenters. The van der Waals surface area contributed by atoms with Crippen LogP contribution in [0.3, 0.4) is 0 Å². The summed E-state index contributed by atoms with van der Waals surface area (Å²) >= 11 is 0. The molecule has 0 aromatic carbocycles. The molecule has 28 heavy (non-hydrogen) atoms. The van der Waals surface area contributed by atoms with Crippen molar-refractivity contribution in [1.29, 1.82) is 0 Å². The zero-order valence-electron chi connectivity index (χ0n) is 18.5. The van der Waals surface area contributed by atoms with Gasteiger partial charge in [-0.2, -0.15) is 0 Å². The summed E-state index contributed by atoms with van der Waals surface area (Å²) < 4.78 is 0. The third kappa shape index (κ3) is 3.86. The van der Waals surface area contributed by atoms with E-state index in [0.29, 0.717) is 0 Å². The van der Waals surface area contributed by atoms with Crippen molar-refractivity contribution in [3.05, 3.63) is 36.1 Å². The molecule has 0 spiro atoms. The van der Waals surface area contributed by atoms with Gasteiger partial charge in [0.15, 0.2) is 0 Å². The zero-order chi connectivity index (χ0) is 20.0. The lowest BCUT2D eigenvalue weighted by Gasteiger charge is -2.61. The van der Waals surface area contributed by atoms with Gasteiger partial charge in [0.2, 0.25) is 0 Å². The molecule has 0 aliphatic heterocycles. The van der Waals surface area contributed by atoms with E-state index in [1.807, 2.05) is 0 Å².